The van der Waals surface area contributed by atoms with Gasteiger partial charge in [-0.1, -0.05) is 0 Å². The second-order valence-electron chi connectivity index (χ2n) is 9.83. The Bertz CT molecular complexity index is 1360. The number of likely N-dealkylation sites (N-methyl/N-ethyl adjacent to an activating group) is 1. The molecule has 1 fully saturated rings. The Labute approximate surface area is 228 Å². The minimum atomic E-state index is -0.655. The summed E-state index contributed by atoms with van der Waals surface area (Å²) in [6.07, 6.45) is -0.655. The van der Waals surface area contributed by atoms with Gasteiger partial charge in [0.25, 0.3) is 0 Å². The van der Waals surface area contributed by atoms with E-state index in [9.17, 15) is 14.7 Å². The fourth-order valence-corrected chi connectivity index (χ4v) is 4.91. The largest absolute Gasteiger partial charge is 0.496 e. The van der Waals surface area contributed by atoms with Crippen LogP contribution in [0.2, 0.25) is 0 Å². The first kappa shape index (κ1) is 28.4. The maximum atomic E-state index is 13.0. The minimum Gasteiger partial charge on any atom is -0.496 e. The number of aliphatic hydroxyl groups is 1. The van der Waals surface area contributed by atoms with Crippen molar-refractivity contribution in [2.75, 3.05) is 67.1 Å². The molecule has 0 spiro atoms. The van der Waals surface area contributed by atoms with E-state index >= 15 is 0 Å². The SMILES string of the molecule is CNC(=O)CN1CCN(C[C@@H](O)COc2c(C)cc(-c3cc(=O)c4c(OC)cc(OC)cc4o3)cc2C)CC1. The molecule has 1 aliphatic rings. The Kier molecular flexibility index (Phi) is 9.11. The van der Waals surface area contributed by atoms with Crippen molar-refractivity contribution in [2.45, 2.75) is 20.0 Å². The number of rotatable bonds is 10. The quantitative estimate of drug-likeness (QED) is 0.400. The van der Waals surface area contributed by atoms with Gasteiger partial charge >= 0.3 is 0 Å². The molecule has 1 saturated heterocycles. The van der Waals surface area contributed by atoms with Gasteiger partial charge in [0.05, 0.1) is 20.8 Å². The number of β-amino-alcohol motifs (C(OH)–C–C–N with tert-alkyl or cyclic N) is 1. The first-order chi connectivity index (χ1) is 18.7. The van der Waals surface area contributed by atoms with E-state index in [0.29, 0.717) is 47.1 Å². The molecule has 0 saturated carbocycles. The summed E-state index contributed by atoms with van der Waals surface area (Å²) in [5.74, 6) is 2.05. The molecule has 4 rings (SSSR count). The Morgan fingerprint density at radius 1 is 1.03 bits per heavy atom. The summed E-state index contributed by atoms with van der Waals surface area (Å²) in [7, 11) is 4.68. The fourth-order valence-electron chi connectivity index (χ4n) is 4.91. The van der Waals surface area contributed by atoms with Crippen molar-refractivity contribution in [1.82, 2.24) is 15.1 Å². The summed E-state index contributed by atoms with van der Waals surface area (Å²) in [6.45, 7) is 8.05. The van der Waals surface area contributed by atoms with Gasteiger partial charge in [-0.2, -0.15) is 0 Å². The molecule has 10 nitrogen and oxygen atoms in total. The maximum absolute atomic E-state index is 13.0. The van der Waals surface area contributed by atoms with Crippen LogP contribution in [0, 0.1) is 13.8 Å². The van der Waals surface area contributed by atoms with Gasteiger partial charge in [-0.25, -0.2) is 0 Å². The molecule has 10 heteroatoms. The zero-order chi connectivity index (χ0) is 28.1. The number of fused-ring (bicyclic) bond motifs is 1. The Hall–Kier alpha value is -3.60. The molecule has 39 heavy (non-hydrogen) atoms. The van der Waals surface area contributed by atoms with E-state index in [1.807, 2.05) is 26.0 Å². The molecule has 2 heterocycles. The smallest absolute Gasteiger partial charge is 0.233 e. The van der Waals surface area contributed by atoms with Gasteiger partial charge in [-0.3, -0.25) is 19.4 Å². The van der Waals surface area contributed by atoms with E-state index in [4.69, 9.17) is 18.6 Å². The third-order valence-electron chi connectivity index (χ3n) is 6.97. The Balaban J connectivity index is 1.42. The van der Waals surface area contributed by atoms with E-state index in [2.05, 4.69) is 15.1 Å². The summed E-state index contributed by atoms with van der Waals surface area (Å²) >= 11 is 0. The molecule has 2 N–H and O–H groups in total. The highest BCUT2D eigenvalue weighted by atomic mass is 16.5. The van der Waals surface area contributed by atoms with Gasteiger partial charge in [0, 0.05) is 63.5 Å². The zero-order valence-corrected chi connectivity index (χ0v) is 23.2. The number of ether oxygens (including phenoxy) is 3. The summed E-state index contributed by atoms with van der Waals surface area (Å²) in [5.41, 5.74) is 2.64. The van der Waals surface area contributed by atoms with Crippen LogP contribution < -0.4 is 25.0 Å². The van der Waals surface area contributed by atoms with Crippen LogP contribution in [0.5, 0.6) is 17.2 Å². The zero-order valence-electron chi connectivity index (χ0n) is 23.2. The first-order valence-corrected chi connectivity index (χ1v) is 13.0. The highest BCUT2D eigenvalue weighted by Gasteiger charge is 2.21. The number of methoxy groups -OCH3 is 2. The van der Waals surface area contributed by atoms with E-state index in [0.717, 1.165) is 42.9 Å². The minimum absolute atomic E-state index is 0.0110. The topological polar surface area (TPSA) is 114 Å². The summed E-state index contributed by atoms with van der Waals surface area (Å²) in [6, 6.07) is 8.60. The lowest BCUT2D eigenvalue weighted by Crippen LogP contribution is -2.51. The molecule has 0 aliphatic carbocycles. The summed E-state index contributed by atoms with van der Waals surface area (Å²) in [5, 5.41) is 13.6. The lowest BCUT2D eigenvalue weighted by Gasteiger charge is -2.35. The lowest BCUT2D eigenvalue weighted by atomic mass is 10.0. The number of carbonyl (C=O) groups is 1. The average Bonchev–Trinajstić information content (AvgIpc) is 2.92. The predicted molar refractivity (Wildman–Crippen MR) is 149 cm³/mol. The number of aryl methyl sites for hydroxylation is 2. The molecule has 210 valence electrons. The van der Waals surface area contributed by atoms with Gasteiger partial charge in [-0.05, 0) is 37.1 Å². The second kappa shape index (κ2) is 12.5. The van der Waals surface area contributed by atoms with Crippen molar-refractivity contribution in [3.63, 3.8) is 0 Å². The van der Waals surface area contributed by atoms with Crippen LogP contribution in [-0.4, -0.2) is 94.1 Å². The van der Waals surface area contributed by atoms with E-state index in [1.165, 1.54) is 13.2 Å². The number of benzene rings is 2. The number of amides is 1. The van der Waals surface area contributed by atoms with Crippen LogP contribution >= 0.6 is 0 Å². The normalized spacial score (nSPS) is 15.2. The van der Waals surface area contributed by atoms with Crippen LogP contribution in [0.3, 0.4) is 0 Å². The van der Waals surface area contributed by atoms with Gasteiger partial charge in [0.15, 0.2) is 5.43 Å². The van der Waals surface area contributed by atoms with Gasteiger partial charge in [-0.15, -0.1) is 0 Å². The fraction of sp³-hybridized carbons (Fsp3) is 0.448. The van der Waals surface area contributed by atoms with Crippen molar-refractivity contribution in [3.05, 3.63) is 51.7 Å². The monoisotopic (exact) mass is 539 g/mol. The molecule has 0 bridgehead atoms. The Morgan fingerprint density at radius 3 is 2.31 bits per heavy atom. The van der Waals surface area contributed by atoms with Crippen LogP contribution in [0.25, 0.3) is 22.3 Å². The van der Waals surface area contributed by atoms with Gasteiger partial charge < -0.3 is 29.1 Å². The second-order valence-corrected chi connectivity index (χ2v) is 9.83. The molecular weight excluding hydrogens is 502 g/mol. The van der Waals surface area contributed by atoms with Gasteiger partial charge in [0.2, 0.25) is 5.91 Å². The molecular formula is C29H37N3O7. The molecule has 1 atom stereocenters. The van der Waals surface area contributed by atoms with Crippen LogP contribution in [0.4, 0.5) is 0 Å². The van der Waals surface area contributed by atoms with Crippen molar-refractivity contribution in [1.29, 1.82) is 0 Å². The summed E-state index contributed by atoms with van der Waals surface area (Å²) < 4.78 is 22.8. The number of aliphatic hydroxyl groups excluding tert-OH is 1. The maximum Gasteiger partial charge on any atom is 0.233 e. The highest BCUT2D eigenvalue weighted by molar-refractivity contribution is 5.86. The predicted octanol–water partition coefficient (Wildman–Crippen LogP) is 2.20. The molecule has 1 aliphatic heterocycles. The van der Waals surface area contributed by atoms with E-state index < -0.39 is 6.10 Å². The van der Waals surface area contributed by atoms with Crippen LogP contribution in [0.1, 0.15) is 11.1 Å². The first-order valence-electron chi connectivity index (χ1n) is 13.0. The molecule has 0 radical (unpaired) electrons. The van der Waals surface area contributed by atoms with Crippen molar-refractivity contribution >= 4 is 16.9 Å². The highest BCUT2D eigenvalue weighted by Crippen LogP contribution is 2.34. The van der Waals surface area contributed by atoms with Crippen molar-refractivity contribution in [2.24, 2.45) is 0 Å². The number of hydrogen-bond donors (Lipinski definition) is 2. The molecule has 3 aromatic rings. The standard InChI is InChI=1S/C29H37N3O7/c1-18-10-20(24-14-23(34)28-25(37-5)12-22(36-4)13-26(28)39-24)11-19(2)29(18)38-17-21(33)15-31-6-8-32(9-7-31)16-27(35)30-3/h10-14,21,33H,6-9,15-17H2,1-5H3,(H,30,35)/t21-/m1/s1. The molecule has 2 aromatic carbocycles. The third-order valence-corrected chi connectivity index (χ3v) is 6.97. The van der Waals surface area contributed by atoms with E-state index in [-0.39, 0.29) is 17.9 Å². The number of piperazine rings is 1. The Morgan fingerprint density at radius 2 is 1.69 bits per heavy atom. The number of nitrogens with zero attached hydrogens (tertiary/aromatic N) is 2. The number of hydrogen-bond acceptors (Lipinski definition) is 9. The van der Waals surface area contributed by atoms with Crippen LogP contribution in [-0.2, 0) is 4.79 Å². The lowest BCUT2D eigenvalue weighted by molar-refractivity contribution is -0.122. The summed E-state index contributed by atoms with van der Waals surface area (Å²) in [4.78, 5) is 28.8. The van der Waals surface area contributed by atoms with E-state index in [1.54, 1.807) is 26.3 Å². The van der Waals surface area contributed by atoms with Crippen LogP contribution in [0.15, 0.2) is 39.5 Å². The van der Waals surface area contributed by atoms with Crippen molar-refractivity contribution < 1.29 is 28.5 Å². The van der Waals surface area contributed by atoms with Gasteiger partial charge in [0.1, 0.15) is 46.7 Å². The molecule has 0 unspecified atom stereocenters. The number of nitrogens with one attached hydrogen (secondary N) is 1. The molecule has 1 aromatic heterocycles. The third kappa shape index (κ3) is 6.70. The number of carbonyl (C=O) groups excluding carboxylic acids is 1. The average molecular weight is 540 g/mol. The van der Waals surface area contributed by atoms with Crippen molar-refractivity contribution in [3.8, 4) is 28.6 Å². The molecule has 1 amide bonds.